The smallest absolute Gasteiger partial charge is 0.414 e. The van der Waals surface area contributed by atoms with E-state index in [9.17, 15) is 4.79 Å². The Balaban J connectivity index is 0.000000409. The van der Waals surface area contributed by atoms with Crippen LogP contribution in [0, 0.1) is 0 Å². The third-order valence-corrected chi connectivity index (χ3v) is 4.71. The van der Waals surface area contributed by atoms with Crippen LogP contribution in [0.3, 0.4) is 0 Å². The van der Waals surface area contributed by atoms with Gasteiger partial charge in [0.2, 0.25) is 12.7 Å². The third-order valence-electron chi connectivity index (χ3n) is 4.71. The molecule has 0 radical (unpaired) electrons. The van der Waals surface area contributed by atoms with E-state index in [0.29, 0.717) is 25.2 Å². The van der Waals surface area contributed by atoms with Crippen LogP contribution in [0.1, 0.15) is 38.7 Å². The maximum atomic E-state index is 12.4. The number of nitrogens with one attached hydrogen (secondary N) is 1. The minimum atomic E-state index is -1.82. The van der Waals surface area contributed by atoms with Crippen molar-refractivity contribution in [1.82, 2.24) is 10.2 Å². The summed E-state index contributed by atoms with van der Waals surface area (Å²) in [6, 6.07) is 6.58. The van der Waals surface area contributed by atoms with E-state index in [1.807, 2.05) is 23.1 Å². The summed E-state index contributed by atoms with van der Waals surface area (Å²) in [6.45, 7) is 5.61. The summed E-state index contributed by atoms with van der Waals surface area (Å²) in [6.07, 6.45) is 3.44. The lowest BCUT2D eigenvalue weighted by Gasteiger charge is -2.39. The predicted molar refractivity (Wildman–Crippen MR) is 99.2 cm³/mol. The van der Waals surface area contributed by atoms with Gasteiger partial charge in [-0.3, -0.25) is 4.79 Å². The number of likely N-dealkylation sites (tertiary alicyclic amines) is 1. The monoisotopic (exact) mass is 394 g/mol. The number of ether oxygens (including phenoxy) is 2. The molecule has 1 aromatic carbocycles. The second kappa shape index (κ2) is 9.93. The SMILES string of the molecule is CC1CCCC(C)N1C(=O)CNCc1ccc2c(c1)OCO2.O=C(O)C(=O)O. The van der Waals surface area contributed by atoms with Crippen molar-refractivity contribution in [2.24, 2.45) is 0 Å². The van der Waals surface area contributed by atoms with Gasteiger partial charge >= 0.3 is 11.9 Å². The van der Waals surface area contributed by atoms with Crippen LogP contribution in [0.25, 0.3) is 0 Å². The molecule has 3 N–H and O–H groups in total. The number of nitrogens with zero attached hydrogens (tertiary/aromatic N) is 1. The standard InChI is InChI=1S/C17H24N2O3.C2H2O4/c1-12-4-3-5-13(2)19(12)17(20)10-18-9-14-6-7-15-16(8-14)22-11-21-15;3-1(4)2(5)6/h6-8,12-13,18H,3-5,9-11H2,1-2H3;(H,3,4)(H,5,6). The number of carbonyl (C=O) groups excluding carboxylic acids is 1. The highest BCUT2D eigenvalue weighted by atomic mass is 16.7. The molecule has 0 aliphatic carbocycles. The van der Waals surface area contributed by atoms with E-state index in [2.05, 4.69) is 19.2 Å². The Morgan fingerprint density at radius 3 is 2.29 bits per heavy atom. The van der Waals surface area contributed by atoms with E-state index < -0.39 is 11.9 Å². The number of carbonyl (C=O) groups is 3. The Hall–Kier alpha value is -2.81. The summed E-state index contributed by atoms with van der Waals surface area (Å²) in [7, 11) is 0. The number of hydrogen-bond acceptors (Lipinski definition) is 6. The van der Waals surface area contributed by atoms with Crippen LogP contribution in [0.4, 0.5) is 0 Å². The van der Waals surface area contributed by atoms with Gasteiger partial charge in [-0.05, 0) is 50.8 Å². The molecule has 1 amide bonds. The van der Waals surface area contributed by atoms with Crippen LogP contribution < -0.4 is 14.8 Å². The molecule has 2 aliphatic rings. The topological polar surface area (TPSA) is 125 Å². The maximum absolute atomic E-state index is 12.4. The van der Waals surface area contributed by atoms with Crippen molar-refractivity contribution in [1.29, 1.82) is 0 Å². The first-order valence-electron chi connectivity index (χ1n) is 9.16. The number of aliphatic carboxylic acids is 2. The van der Waals surface area contributed by atoms with Crippen molar-refractivity contribution in [2.45, 2.75) is 51.7 Å². The lowest BCUT2D eigenvalue weighted by atomic mass is 9.97. The van der Waals surface area contributed by atoms with Crippen molar-refractivity contribution >= 4 is 17.8 Å². The molecule has 154 valence electrons. The van der Waals surface area contributed by atoms with Gasteiger partial charge in [0, 0.05) is 18.6 Å². The number of carboxylic acid groups (broad SMARTS) is 2. The Morgan fingerprint density at radius 2 is 1.68 bits per heavy atom. The molecule has 0 aromatic heterocycles. The van der Waals surface area contributed by atoms with Gasteiger partial charge in [0.15, 0.2) is 11.5 Å². The van der Waals surface area contributed by atoms with Crippen molar-refractivity contribution in [3.8, 4) is 11.5 Å². The zero-order valence-corrected chi connectivity index (χ0v) is 16.0. The summed E-state index contributed by atoms with van der Waals surface area (Å²) in [5.41, 5.74) is 1.09. The molecular formula is C19H26N2O7. The molecule has 2 heterocycles. The van der Waals surface area contributed by atoms with E-state index in [4.69, 9.17) is 29.3 Å². The lowest BCUT2D eigenvalue weighted by Crippen LogP contribution is -2.50. The minimum absolute atomic E-state index is 0.195. The largest absolute Gasteiger partial charge is 0.473 e. The van der Waals surface area contributed by atoms with E-state index in [1.54, 1.807) is 0 Å². The molecule has 9 nitrogen and oxygen atoms in total. The van der Waals surface area contributed by atoms with Gasteiger partial charge in [0.05, 0.1) is 6.54 Å². The highest BCUT2D eigenvalue weighted by Gasteiger charge is 2.28. The zero-order chi connectivity index (χ0) is 20.7. The number of rotatable bonds is 4. The molecule has 3 rings (SSSR count). The van der Waals surface area contributed by atoms with Gasteiger partial charge < -0.3 is 29.9 Å². The molecule has 0 bridgehead atoms. The van der Waals surface area contributed by atoms with Crippen LogP contribution in [-0.4, -0.2) is 58.4 Å². The number of amides is 1. The zero-order valence-electron chi connectivity index (χ0n) is 16.0. The highest BCUT2D eigenvalue weighted by Crippen LogP contribution is 2.32. The second-order valence-electron chi connectivity index (χ2n) is 6.83. The van der Waals surface area contributed by atoms with Crippen molar-refractivity contribution < 1.29 is 34.1 Å². The molecule has 9 heteroatoms. The first-order valence-corrected chi connectivity index (χ1v) is 9.16. The molecule has 1 saturated heterocycles. The van der Waals surface area contributed by atoms with Gasteiger partial charge in [-0.25, -0.2) is 9.59 Å². The van der Waals surface area contributed by atoms with Crippen molar-refractivity contribution in [3.63, 3.8) is 0 Å². The Bertz CT molecular complexity index is 700. The predicted octanol–water partition coefficient (Wildman–Crippen LogP) is 1.45. The van der Waals surface area contributed by atoms with Crippen LogP contribution in [0.5, 0.6) is 11.5 Å². The van der Waals surface area contributed by atoms with Crippen LogP contribution in [0.2, 0.25) is 0 Å². The summed E-state index contributed by atoms with van der Waals surface area (Å²) < 4.78 is 10.7. The summed E-state index contributed by atoms with van der Waals surface area (Å²) in [5.74, 6) is -1.88. The Labute approximate surface area is 163 Å². The third kappa shape index (κ3) is 5.85. The average molecular weight is 394 g/mol. The van der Waals surface area contributed by atoms with Crippen molar-refractivity contribution in [3.05, 3.63) is 23.8 Å². The van der Waals surface area contributed by atoms with Crippen LogP contribution in [-0.2, 0) is 20.9 Å². The summed E-state index contributed by atoms with van der Waals surface area (Å²) in [4.78, 5) is 32.7. The molecule has 0 saturated carbocycles. The number of benzene rings is 1. The number of fused-ring (bicyclic) bond motifs is 1. The van der Waals surface area contributed by atoms with Gasteiger partial charge in [-0.2, -0.15) is 0 Å². The molecule has 1 fully saturated rings. The van der Waals surface area contributed by atoms with Gasteiger partial charge in [0.1, 0.15) is 0 Å². The van der Waals surface area contributed by atoms with E-state index in [-0.39, 0.29) is 12.7 Å². The molecule has 28 heavy (non-hydrogen) atoms. The fourth-order valence-corrected chi connectivity index (χ4v) is 3.37. The quantitative estimate of drug-likeness (QED) is 0.655. The molecule has 2 atom stereocenters. The molecule has 2 aliphatic heterocycles. The number of carboxylic acids is 2. The van der Waals surface area contributed by atoms with E-state index in [0.717, 1.165) is 29.9 Å². The molecule has 1 aromatic rings. The Morgan fingerprint density at radius 1 is 1.07 bits per heavy atom. The van der Waals surface area contributed by atoms with Gasteiger partial charge in [-0.15, -0.1) is 0 Å². The summed E-state index contributed by atoms with van der Waals surface area (Å²) >= 11 is 0. The first kappa shape index (κ1) is 21.5. The van der Waals surface area contributed by atoms with E-state index in [1.165, 1.54) is 6.42 Å². The summed E-state index contributed by atoms with van der Waals surface area (Å²) in [5, 5.41) is 18.0. The fourth-order valence-electron chi connectivity index (χ4n) is 3.37. The van der Waals surface area contributed by atoms with Crippen LogP contribution in [0.15, 0.2) is 18.2 Å². The fraction of sp³-hybridized carbons (Fsp3) is 0.526. The minimum Gasteiger partial charge on any atom is -0.473 e. The first-order chi connectivity index (χ1) is 13.3. The maximum Gasteiger partial charge on any atom is 0.414 e. The highest BCUT2D eigenvalue weighted by molar-refractivity contribution is 6.27. The average Bonchev–Trinajstić information content (AvgIpc) is 3.10. The molecule has 0 spiro atoms. The molecule has 2 unspecified atom stereocenters. The number of piperidine rings is 1. The van der Waals surface area contributed by atoms with Gasteiger partial charge in [0.25, 0.3) is 0 Å². The van der Waals surface area contributed by atoms with E-state index >= 15 is 0 Å². The van der Waals surface area contributed by atoms with Gasteiger partial charge in [-0.1, -0.05) is 6.07 Å². The van der Waals surface area contributed by atoms with Crippen molar-refractivity contribution in [2.75, 3.05) is 13.3 Å². The lowest BCUT2D eigenvalue weighted by molar-refractivity contribution is -0.159. The Kier molecular flexibility index (Phi) is 7.62. The number of hydrogen-bond donors (Lipinski definition) is 3. The normalized spacial score (nSPS) is 20.1. The molecular weight excluding hydrogens is 368 g/mol. The second-order valence-corrected chi connectivity index (χ2v) is 6.83. The van der Waals surface area contributed by atoms with Crippen LogP contribution >= 0.6 is 0 Å².